The van der Waals surface area contributed by atoms with Crippen molar-refractivity contribution in [2.24, 2.45) is 0 Å². The Labute approximate surface area is 118 Å². The van der Waals surface area contributed by atoms with Gasteiger partial charge in [0.05, 0.1) is 26.4 Å². The minimum atomic E-state index is -1.05. The van der Waals surface area contributed by atoms with Gasteiger partial charge in [-0.3, -0.25) is 0 Å². The van der Waals surface area contributed by atoms with Crippen LogP contribution in [-0.4, -0.2) is 93.2 Å². The number of hydrogen-bond acceptors (Lipinski definition) is 5. The van der Waals surface area contributed by atoms with Gasteiger partial charge < -0.3 is 29.1 Å². The zero-order valence-corrected chi connectivity index (χ0v) is 11.9. The zero-order valence-electron chi connectivity index (χ0n) is 11.9. The molecule has 2 amide bonds. The molecule has 1 rings (SSSR count). The van der Waals surface area contributed by atoms with E-state index in [2.05, 4.69) is 0 Å². The van der Waals surface area contributed by atoms with Crippen LogP contribution in [0, 0.1) is 0 Å². The van der Waals surface area contributed by atoms with Gasteiger partial charge in [-0.2, -0.15) is 0 Å². The van der Waals surface area contributed by atoms with Crippen molar-refractivity contribution in [1.82, 2.24) is 9.80 Å². The van der Waals surface area contributed by atoms with Crippen LogP contribution in [0.2, 0.25) is 0 Å². The first-order chi connectivity index (χ1) is 9.60. The van der Waals surface area contributed by atoms with Crippen LogP contribution in [0.5, 0.6) is 0 Å². The Hall–Kier alpha value is -1.38. The second-order valence-electron chi connectivity index (χ2n) is 4.40. The highest BCUT2D eigenvalue weighted by Gasteiger charge is 2.31. The maximum atomic E-state index is 12.4. The SMILES string of the molecule is COCCN(CCOC)C(=O)N1CCOC(C(=O)O)C1. The molecule has 0 saturated carbocycles. The average Bonchev–Trinajstić information content (AvgIpc) is 2.47. The number of carboxylic acids is 1. The summed E-state index contributed by atoms with van der Waals surface area (Å²) in [6, 6.07) is -0.214. The van der Waals surface area contributed by atoms with E-state index in [1.165, 1.54) is 4.90 Å². The van der Waals surface area contributed by atoms with Crippen LogP contribution in [0.1, 0.15) is 0 Å². The molecule has 1 aliphatic rings. The molecule has 1 atom stereocenters. The van der Waals surface area contributed by atoms with Gasteiger partial charge in [0.2, 0.25) is 0 Å². The van der Waals surface area contributed by atoms with Crippen molar-refractivity contribution in [3.05, 3.63) is 0 Å². The summed E-state index contributed by atoms with van der Waals surface area (Å²) in [7, 11) is 3.13. The smallest absolute Gasteiger partial charge is 0.334 e. The number of ether oxygens (including phenoxy) is 3. The van der Waals surface area contributed by atoms with Crippen LogP contribution in [0.25, 0.3) is 0 Å². The highest BCUT2D eigenvalue weighted by molar-refractivity contribution is 5.77. The molecule has 0 aromatic carbocycles. The van der Waals surface area contributed by atoms with E-state index in [1.54, 1.807) is 19.1 Å². The first-order valence-corrected chi connectivity index (χ1v) is 6.46. The molecule has 0 bridgehead atoms. The fourth-order valence-electron chi connectivity index (χ4n) is 1.88. The van der Waals surface area contributed by atoms with Crippen LogP contribution >= 0.6 is 0 Å². The molecule has 116 valence electrons. The first kappa shape index (κ1) is 16.7. The quantitative estimate of drug-likeness (QED) is 0.679. The highest BCUT2D eigenvalue weighted by atomic mass is 16.5. The summed E-state index contributed by atoms with van der Waals surface area (Å²) in [5, 5.41) is 8.94. The van der Waals surface area contributed by atoms with Gasteiger partial charge in [0.15, 0.2) is 6.10 Å². The van der Waals surface area contributed by atoms with E-state index in [0.29, 0.717) is 32.8 Å². The van der Waals surface area contributed by atoms with E-state index in [1.807, 2.05) is 0 Å². The maximum absolute atomic E-state index is 12.4. The number of nitrogens with zero attached hydrogens (tertiary/aromatic N) is 2. The Balaban J connectivity index is 2.59. The summed E-state index contributed by atoms with van der Waals surface area (Å²) < 4.78 is 15.1. The Kier molecular flexibility index (Phi) is 7.27. The lowest BCUT2D eigenvalue weighted by atomic mass is 10.3. The lowest BCUT2D eigenvalue weighted by molar-refractivity contribution is -0.154. The zero-order chi connectivity index (χ0) is 15.0. The van der Waals surface area contributed by atoms with E-state index in [4.69, 9.17) is 19.3 Å². The Morgan fingerprint density at radius 1 is 1.30 bits per heavy atom. The molecular weight excluding hydrogens is 268 g/mol. The largest absolute Gasteiger partial charge is 0.479 e. The third-order valence-corrected chi connectivity index (χ3v) is 3.01. The molecule has 1 unspecified atom stereocenters. The summed E-state index contributed by atoms with van der Waals surface area (Å²) in [4.78, 5) is 26.4. The van der Waals surface area contributed by atoms with Gasteiger partial charge in [-0.25, -0.2) is 9.59 Å². The number of aliphatic carboxylic acids is 1. The second kappa shape index (κ2) is 8.72. The van der Waals surface area contributed by atoms with Crippen molar-refractivity contribution < 1.29 is 28.9 Å². The molecule has 0 radical (unpaired) electrons. The van der Waals surface area contributed by atoms with E-state index in [9.17, 15) is 9.59 Å². The van der Waals surface area contributed by atoms with Crippen LogP contribution in [-0.2, 0) is 19.0 Å². The molecule has 0 aromatic rings. The summed E-state index contributed by atoms with van der Waals surface area (Å²) in [6.45, 7) is 2.39. The lowest BCUT2D eigenvalue weighted by Gasteiger charge is -2.35. The minimum Gasteiger partial charge on any atom is -0.479 e. The van der Waals surface area contributed by atoms with E-state index < -0.39 is 12.1 Å². The van der Waals surface area contributed by atoms with E-state index in [-0.39, 0.29) is 19.2 Å². The molecule has 0 aliphatic carbocycles. The molecule has 1 heterocycles. The van der Waals surface area contributed by atoms with E-state index in [0.717, 1.165) is 0 Å². The fourth-order valence-corrected chi connectivity index (χ4v) is 1.88. The fraction of sp³-hybridized carbons (Fsp3) is 0.833. The topological polar surface area (TPSA) is 88.5 Å². The summed E-state index contributed by atoms with van der Waals surface area (Å²) >= 11 is 0. The van der Waals surface area contributed by atoms with Crippen LogP contribution in [0.4, 0.5) is 4.79 Å². The molecule has 1 N–H and O–H groups in total. The molecule has 0 aromatic heterocycles. The third kappa shape index (κ3) is 4.95. The van der Waals surface area contributed by atoms with Gasteiger partial charge in [-0.05, 0) is 0 Å². The molecule has 20 heavy (non-hydrogen) atoms. The van der Waals surface area contributed by atoms with Gasteiger partial charge in [-0.1, -0.05) is 0 Å². The van der Waals surface area contributed by atoms with Crippen molar-refractivity contribution in [1.29, 1.82) is 0 Å². The molecule has 8 nitrogen and oxygen atoms in total. The third-order valence-electron chi connectivity index (χ3n) is 3.01. The van der Waals surface area contributed by atoms with Gasteiger partial charge in [-0.15, -0.1) is 0 Å². The number of carbonyl (C=O) groups is 2. The minimum absolute atomic E-state index is 0.0601. The normalized spacial score (nSPS) is 18.9. The predicted molar refractivity (Wildman–Crippen MR) is 69.7 cm³/mol. The second-order valence-corrected chi connectivity index (χ2v) is 4.40. The van der Waals surface area contributed by atoms with Crippen LogP contribution in [0.3, 0.4) is 0 Å². The summed E-state index contributed by atoms with van der Waals surface area (Å²) in [6.07, 6.45) is -0.959. The maximum Gasteiger partial charge on any atom is 0.334 e. The van der Waals surface area contributed by atoms with Gasteiger partial charge in [0.25, 0.3) is 0 Å². The monoisotopic (exact) mass is 290 g/mol. The van der Waals surface area contributed by atoms with Crippen LogP contribution in [0.15, 0.2) is 0 Å². The lowest BCUT2D eigenvalue weighted by Crippen LogP contribution is -2.53. The number of amides is 2. The van der Waals surface area contributed by atoms with Crippen LogP contribution < -0.4 is 0 Å². The Bertz CT molecular complexity index is 317. The van der Waals surface area contributed by atoms with Gasteiger partial charge in [0.1, 0.15) is 0 Å². The van der Waals surface area contributed by atoms with Crippen molar-refractivity contribution >= 4 is 12.0 Å². The molecule has 1 aliphatic heterocycles. The van der Waals surface area contributed by atoms with Crippen molar-refractivity contribution in [3.8, 4) is 0 Å². The number of hydrogen-bond donors (Lipinski definition) is 1. The number of urea groups is 1. The number of rotatable bonds is 7. The highest BCUT2D eigenvalue weighted by Crippen LogP contribution is 2.09. The summed E-state index contributed by atoms with van der Waals surface area (Å²) in [5.74, 6) is -1.05. The molecule has 1 fully saturated rings. The number of methoxy groups -OCH3 is 2. The number of carboxylic acid groups (broad SMARTS) is 1. The Morgan fingerprint density at radius 2 is 1.90 bits per heavy atom. The van der Waals surface area contributed by atoms with Crippen molar-refractivity contribution in [3.63, 3.8) is 0 Å². The van der Waals surface area contributed by atoms with Crippen molar-refractivity contribution in [2.45, 2.75) is 6.10 Å². The average molecular weight is 290 g/mol. The van der Waals surface area contributed by atoms with Gasteiger partial charge >= 0.3 is 12.0 Å². The Morgan fingerprint density at radius 3 is 2.40 bits per heavy atom. The predicted octanol–water partition coefficient (Wildman–Crippen LogP) is -0.513. The number of carbonyl (C=O) groups excluding carboxylic acids is 1. The van der Waals surface area contributed by atoms with Gasteiger partial charge in [0, 0.05) is 33.9 Å². The summed E-state index contributed by atoms with van der Waals surface area (Å²) in [5.41, 5.74) is 0. The molecule has 8 heteroatoms. The molecule has 0 spiro atoms. The molecule has 1 saturated heterocycles. The van der Waals surface area contributed by atoms with Crippen molar-refractivity contribution in [2.75, 3.05) is 60.2 Å². The number of morpholine rings is 1. The molecular formula is C12H22N2O6. The van der Waals surface area contributed by atoms with E-state index >= 15 is 0 Å². The first-order valence-electron chi connectivity index (χ1n) is 6.46. The standard InChI is InChI=1S/C12H22N2O6/c1-18-6-3-13(4-7-19-2)12(17)14-5-8-20-10(9-14)11(15)16/h10H,3-9H2,1-2H3,(H,15,16).